The fourth-order valence-corrected chi connectivity index (χ4v) is 3.74. The maximum absolute atomic E-state index is 11.4. The average molecular weight is 319 g/mol. The SMILES string of the molecule is CCN(C(C)=O)c1nc(CNC(C)CS(C)(=O)=O)cs1. The molecule has 0 aliphatic carbocycles. The van der Waals surface area contributed by atoms with Crippen molar-refractivity contribution in [2.24, 2.45) is 0 Å². The summed E-state index contributed by atoms with van der Waals surface area (Å²) in [5, 5.41) is 5.67. The molecule has 1 heterocycles. The van der Waals surface area contributed by atoms with Crippen LogP contribution in [0.2, 0.25) is 0 Å². The maximum atomic E-state index is 11.4. The van der Waals surface area contributed by atoms with E-state index in [4.69, 9.17) is 0 Å². The van der Waals surface area contributed by atoms with Gasteiger partial charge in [0, 0.05) is 37.7 Å². The zero-order valence-corrected chi connectivity index (χ0v) is 13.8. The van der Waals surface area contributed by atoms with Crippen molar-refractivity contribution in [3.05, 3.63) is 11.1 Å². The van der Waals surface area contributed by atoms with Crippen molar-refractivity contribution in [3.8, 4) is 0 Å². The molecule has 8 heteroatoms. The number of hydrogen-bond donors (Lipinski definition) is 1. The van der Waals surface area contributed by atoms with Gasteiger partial charge in [-0.1, -0.05) is 0 Å². The van der Waals surface area contributed by atoms with Gasteiger partial charge in [-0.2, -0.15) is 0 Å². The first kappa shape index (κ1) is 17.1. The Kier molecular flexibility index (Phi) is 6.09. The van der Waals surface area contributed by atoms with E-state index in [1.807, 2.05) is 19.2 Å². The van der Waals surface area contributed by atoms with Crippen LogP contribution in [0.15, 0.2) is 5.38 Å². The number of aromatic nitrogens is 1. The third-order valence-electron chi connectivity index (χ3n) is 2.65. The van der Waals surface area contributed by atoms with Gasteiger partial charge in [0.05, 0.1) is 11.4 Å². The number of nitrogens with one attached hydrogen (secondary N) is 1. The molecule has 0 saturated carbocycles. The normalized spacial score (nSPS) is 13.2. The predicted molar refractivity (Wildman–Crippen MR) is 81.8 cm³/mol. The summed E-state index contributed by atoms with van der Waals surface area (Å²) in [7, 11) is -2.98. The molecule has 0 aliphatic heterocycles. The molecule has 6 nitrogen and oxygen atoms in total. The van der Waals surface area contributed by atoms with E-state index < -0.39 is 9.84 Å². The predicted octanol–water partition coefficient (Wildman–Crippen LogP) is 1.04. The largest absolute Gasteiger partial charge is 0.308 e. The quantitative estimate of drug-likeness (QED) is 0.812. The van der Waals surface area contributed by atoms with Crippen molar-refractivity contribution in [3.63, 3.8) is 0 Å². The number of anilines is 1. The van der Waals surface area contributed by atoms with Gasteiger partial charge in [-0.3, -0.25) is 9.69 Å². The van der Waals surface area contributed by atoms with Crippen molar-refractivity contribution in [1.29, 1.82) is 0 Å². The number of thiazole rings is 1. The highest BCUT2D eigenvalue weighted by Gasteiger charge is 2.14. The van der Waals surface area contributed by atoms with Crippen LogP contribution in [-0.2, 0) is 21.2 Å². The molecule has 114 valence electrons. The summed E-state index contributed by atoms with van der Waals surface area (Å²) in [6.45, 7) is 6.30. The van der Waals surface area contributed by atoms with E-state index in [0.717, 1.165) is 5.69 Å². The zero-order chi connectivity index (χ0) is 15.3. The average Bonchev–Trinajstić information content (AvgIpc) is 2.73. The topological polar surface area (TPSA) is 79.4 Å². The second kappa shape index (κ2) is 7.14. The van der Waals surface area contributed by atoms with Crippen LogP contribution >= 0.6 is 11.3 Å². The van der Waals surface area contributed by atoms with Crippen LogP contribution in [0.4, 0.5) is 5.13 Å². The second-order valence-electron chi connectivity index (χ2n) is 4.76. The van der Waals surface area contributed by atoms with Crippen molar-refractivity contribution in [1.82, 2.24) is 10.3 Å². The highest BCUT2D eigenvalue weighted by molar-refractivity contribution is 7.90. The van der Waals surface area contributed by atoms with E-state index in [1.54, 1.807) is 4.90 Å². The molecule has 0 spiro atoms. The first-order chi connectivity index (χ1) is 9.23. The number of nitrogens with zero attached hydrogens (tertiary/aromatic N) is 2. The van der Waals surface area contributed by atoms with Crippen molar-refractivity contribution in [2.45, 2.75) is 33.4 Å². The van der Waals surface area contributed by atoms with Crippen molar-refractivity contribution in [2.75, 3.05) is 23.5 Å². The van der Waals surface area contributed by atoms with Crippen molar-refractivity contribution < 1.29 is 13.2 Å². The van der Waals surface area contributed by atoms with Gasteiger partial charge in [-0.15, -0.1) is 11.3 Å². The minimum atomic E-state index is -2.98. The fourth-order valence-electron chi connectivity index (χ4n) is 1.79. The Balaban J connectivity index is 2.58. The molecule has 0 bridgehead atoms. The first-order valence-electron chi connectivity index (χ1n) is 6.36. The van der Waals surface area contributed by atoms with E-state index in [-0.39, 0.29) is 17.7 Å². The summed E-state index contributed by atoms with van der Waals surface area (Å²) >= 11 is 1.41. The molecule has 1 aromatic heterocycles. The van der Waals surface area contributed by atoms with Crippen LogP contribution in [-0.4, -0.2) is 43.9 Å². The van der Waals surface area contributed by atoms with Crippen LogP contribution in [0.5, 0.6) is 0 Å². The Morgan fingerprint density at radius 1 is 1.55 bits per heavy atom. The molecular formula is C12H21N3O3S2. The van der Waals surface area contributed by atoms with Gasteiger partial charge in [0.15, 0.2) is 5.13 Å². The summed E-state index contributed by atoms with van der Waals surface area (Å²) in [6.07, 6.45) is 1.22. The van der Waals surface area contributed by atoms with Gasteiger partial charge in [0.1, 0.15) is 9.84 Å². The Labute approximate surface area is 124 Å². The van der Waals surface area contributed by atoms with Gasteiger partial charge in [0.25, 0.3) is 0 Å². The number of carbonyl (C=O) groups excluding carboxylic acids is 1. The van der Waals surface area contributed by atoms with E-state index in [1.165, 1.54) is 24.5 Å². The Bertz CT molecular complexity index is 554. The molecule has 20 heavy (non-hydrogen) atoms. The zero-order valence-electron chi connectivity index (χ0n) is 12.2. The fraction of sp³-hybridized carbons (Fsp3) is 0.667. The van der Waals surface area contributed by atoms with Gasteiger partial charge in [-0.25, -0.2) is 13.4 Å². The molecular weight excluding hydrogens is 298 g/mol. The minimum Gasteiger partial charge on any atom is -0.308 e. The molecule has 0 fully saturated rings. The lowest BCUT2D eigenvalue weighted by Gasteiger charge is -2.14. The molecule has 1 N–H and O–H groups in total. The molecule has 0 aromatic carbocycles. The van der Waals surface area contributed by atoms with Crippen LogP contribution in [0.25, 0.3) is 0 Å². The summed E-state index contributed by atoms with van der Waals surface area (Å²) < 4.78 is 22.3. The molecule has 1 amide bonds. The third-order valence-corrected chi connectivity index (χ3v) is 4.67. The Morgan fingerprint density at radius 2 is 2.20 bits per heavy atom. The van der Waals surface area contributed by atoms with E-state index in [9.17, 15) is 13.2 Å². The summed E-state index contributed by atoms with van der Waals surface area (Å²) in [6, 6.07) is -0.134. The third kappa shape index (κ3) is 5.56. The molecule has 1 rings (SSSR count). The smallest absolute Gasteiger partial charge is 0.225 e. The number of hydrogen-bond acceptors (Lipinski definition) is 6. The number of rotatable bonds is 7. The lowest BCUT2D eigenvalue weighted by atomic mass is 10.3. The number of amides is 1. The summed E-state index contributed by atoms with van der Waals surface area (Å²) in [4.78, 5) is 17.4. The highest BCUT2D eigenvalue weighted by Crippen LogP contribution is 2.20. The Hall–Kier alpha value is -0.990. The molecule has 1 unspecified atom stereocenters. The van der Waals surface area contributed by atoms with Gasteiger partial charge in [-0.05, 0) is 13.8 Å². The number of carbonyl (C=O) groups is 1. The summed E-state index contributed by atoms with van der Waals surface area (Å²) in [5.41, 5.74) is 0.810. The highest BCUT2D eigenvalue weighted by atomic mass is 32.2. The standard InChI is InChI=1S/C12H21N3O3S2/c1-5-15(10(3)16)12-14-11(7-19-12)6-13-9(2)8-20(4,17)18/h7,9,13H,5-6,8H2,1-4H3. The van der Waals surface area contributed by atoms with Crippen LogP contribution < -0.4 is 10.2 Å². The minimum absolute atomic E-state index is 0.0354. The molecule has 1 atom stereocenters. The van der Waals surface area contributed by atoms with Crippen LogP contribution in [0, 0.1) is 0 Å². The lowest BCUT2D eigenvalue weighted by molar-refractivity contribution is -0.116. The van der Waals surface area contributed by atoms with Crippen molar-refractivity contribution >= 4 is 32.2 Å². The number of sulfone groups is 1. The van der Waals surface area contributed by atoms with Gasteiger partial charge in [0.2, 0.25) is 5.91 Å². The molecule has 1 aromatic rings. The Morgan fingerprint density at radius 3 is 2.70 bits per heavy atom. The monoisotopic (exact) mass is 319 g/mol. The maximum Gasteiger partial charge on any atom is 0.225 e. The van der Waals surface area contributed by atoms with Gasteiger partial charge >= 0.3 is 0 Å². The molecule has 0 aliphatic rings. The van der Waals surface area contributed by atoms with E-state index in [2.05, 4.69) is 10.3 Å². The van der Waals surface area contributed by atoms with Crippen LogP contribution in [0.3, 0.4) is 0 Å². The summed E-state index contributed by atoms with van der Waals surface area (Å²) in [5.74, 6) is 0.0604. The van der Waals surface area contributed by atoms with E-state index >= 15 is 0 Å². The van der Waals surface area contributed by atoms with Gasteiger partial charge < -0.3 is 5.32 Å². The van der Waals surface area contributed by atoms with Crippen LogP contribution in [0.1, 0.15) is 26.5 Å². The molecule has 0 saturated heterocycles. The lowest BCUT2D eigenvalue weighted by Crippen LogP contribution is -2.32. The second-order valence-corrected chi connectivity index (χ2v) is 7.78. The molecule has 0 radical (unpaired) electrons. The van der Waals surface area contributed by atoms with E-state index in [0.29, 0.717) is 18.2 Å². The first-order valence-corrected chi connectivity index (χ1v) is 9.30.